The molecule has 2 heteroatoms. The first-order valence-electron chi connectivity index (χ1n) is 4.96. The SMILES string of the molecule is CC(=CC1(C)CCCCC1)C(=O)O. The van der Waals surface area contributed by atoms with E-state index in [2.05, 4.69) is 6.92 Å². The van der Waals surface area contributed by atoms with Crippen molar-refractivity contribution in [3.05, 3.63) is 11.6 Å². The van der Waals surface area contributed by atoms with Crippen LogP contribution in [0.1, 0.15) is 46.0 Å². The van der Waals surface area contributed by atoms with Crippen molar-refractivity contribution in [3.8, 4) is 0 Å². The Bertz CT molecular complexity index is 222. The van der Waals surface area contributed by atoms with E-state index >= 15 is 0 Å². The Kier molecular flexibility index (Phi) is 3.12. The standard InChI is InChI=1S/C11H18O2/c1-9(10(12)13)8-11(2)6-4-3-5-7-11/h8H,3-7H2,1-2H3,(H,12,13). The first-order valence-corrected chi connectivity index (χ1v) is 4.96. The summed E-state index contributed by atoms with van der Waals surface area (Å²) in [4.78, 5) is 10.6. The number of hydrogen-bond acceptors (Lipinski definition) is 1. The van der Waals surface area contributed by atoms with Crippen LogP contribution >= 0.6 is 0 Å². The Hall–Kier alpha value is -0.790. The van der Waals surface area contributed by atoms with E-state index in [-0.39, 0.29) is 5.41 Å². The van der Waals surface area contributed by atoms with E-state index in [4.69, 9.17) is 5.11 Å². The van der Waals surface area contributed by atoms with E-state index in [1.807, 2.05) is 6.08 Å². The minimum absolute atomic E-state index is 0.140. The van der Waals surface area contributed by atoms with Crippen LogP contribution in [0.25, 0.3) is 0 Å². The lowest BCUT2D eigenvalue weighted by molar-refractivity contribution is -0.132. The van der Waals surface area contributed by atoms with Crippen molar-refractivity contribution in [2.24, 2.45) is 5.41 Å². The Balaban J connectivity index is 2.68. The molecule has 1 rings (SSSR count). The van der Waals surface area contributed by atoms with Crippen LogP contribution in [0.2, 0.25) is 0 Å². The van der Waals surface area contributed by atoms with Crippen molar-refractivity contribution in [1.82, 2.24) is 0 Å². The number of hydrogen-bond donors (Lipinski definition) is 1. The number of aliphatic carboxylic acids is 1. The molecule has 1 aliphatic carbocycles. The van der Waals surface area contributed by atoms with E-state index in [0.29, 0.717) is 5.57 Å². The minimum Gasteiger partial charge on any atom is -0.478 e. The minimum atomic E-state index is -0.785. The smallest absolute Gasteiger partial charge is 0.330 e. The molecule has 2 nitrogen and oxygen atoms in total. The molecule has 0 aromatic heterocycles. The summed E-state index contributed by atoms with van der Waals surface area (Å²) >= 11 is 0. The van der Waals surface area contributed by atoms with Crippen LogP contribution < -0.4 is 0 Å². The van der Waals surface area contributed by atoms with Crippen molar-refractivity contribution in [2.75, 3.05) is 0 Å². The molecule has 0 unspecified atom stereocenters. The van der Waals surface area contributed by atoms with Gasteiger partial charge in [-0.05, 0) is 25.2 Å². The van der Waals surface area contributed by atoms with E-state index in [1.54, 1.807) is 6.92 Å². The molecule has 0 heterocycles. The highest BCUT2D eigenvalue weighted by Crippen LogP contribution is 2.37. The summed E-state index contributed by atoms with van der Waals surface area (Å²) in [6.45, 7) is 3.85. The van der Waals surface area contributed by atoms with Crippen LogP contribution in [-0.2, 0) is 4.79 Å². The van der Waals surface area contributed by atoms with Crippen LogP contribution in [0.3, 0.4) is 0 Å². The van der Waals surface area contributed by atoms with Crippen molar-refractivity contribution in [3.63, 3.8) is 0 Å². The van der Waals surface area contributed by atoms with Gasteiger partial charge in [-0.25, -0.2) is 4.79 Å². The summed E-state index contributed by atoms with van der Waals surface area (Å²) in [5.41, 5.74) is 0.630. The number of rotatable bonds is 2. The highest BCUT2D eigenvalue weighted by atomic mass is 16.4. The highest BCUT2D eigenvalue weighted by Gasteiger charge is 2.25. The van der Waals surface area contributed by atoms with E-state index in [1.165, 1.54) is 19.3 Å². The fourth-order valence-electron chi connectivity index (χ4n) is 2.09. The molecule has 0 bridgehead atoms. The van der Waals surface area contributed by atoms with Crippen LogP contribution in [0.5, 0.6) is 0 Å². The van der Waals surface area contributed by atoms with Crippen molar-refractivity contribution in [1.29, 1.82) is 0 Å². The fourth-order valence-corrected chi connectivity index (χ4v) is 2.09. The van der Waals surface area contributed by atoms with Gasteiger partial charge in [0.25, 0.3) is 0 Å². The van der Waals surface area contributed by atoms with E-state index in [9.17, 15) is 4.79 Å². The monoisotopic (exact) mass is 182 g/mol. The maximum absolute atomic E-state index is 10.6. The zero-order chi connectivity index (χ0) is 9.90. The zero-order valence-corrected chi connectivity index (χ0v) is 8.47. The lowest BCUT2D eigenvalue weighted by Crippen LogP contribution is -2.18. The molecule has 13 heavy (non-hydrogen) atoms. The van der Waals surface area contributed by atoms with Crippen LogP contribution in [-0.4, -0.2) is 11.1 Å². The Morgan fingerprint density at radius 1 is 1.31 bits per heavy atom. The maximum Gasteiger partial charge on any atom is 0.330 e. The molecule has 0 aromatic rings. The average molecular weight is 182 g/mol. The van der Waals surface area contributed by atoms with Crippen molar-refractivity contribution >= 4 is 5.97 Å². The zero-order valence-electron chi connectivity index (χ0n) is 8.47. The summed E-state index contributed by atoms with van der Waals surface area (Å²) in [5.74, 6) is -0.785. The molecular formula is C11H18O2. The third kappa shape index (κ3) is 2.87. The molecule has 0 amide bonds. The van der Waals surface area contributed by atoms with Gasteiger partial charge in [-0.1, -0.05) is 32.3 Å². The topological polar surface area (TPSA) is 37.3 Å². The Labute approximate surface area is 79.6 Å². The molecule has 0 spiro atoms. The van der Waals surface area contributed by atoms with Crippen LogP contribution in [0.4, 0.5) is 0 Å². The fraction of sp³-hybridized carbons (Fsp3) is 0.727. The molecule has 74 valence electrons. The molecule has 0 aliphatic heterocycles. The number of carbonyl (C=O) groups is 1. The van der Waals surface area contributed by atoms with Gasteiger partial charge in [0.05, 0.1) is 0 Å². The van der Waals surface area contributed by atoms with Gasteiger partial charge in [-0.3, -0.25) is 0 Å². The summed E-state index contributed by atoms with van der Waals surface area (Å²) in [7, 11) is 0. The maximum atomic E-state index is 10.6. The molecule has 1 saturated carbocycles. The van der Waals surface area contributed by atoms with Gasteiger partial charge in [0.2, 0.25) is 0 Å². The summed E-state index contributed by atoms with van der Waals surface area (Å²) in [5, 5.41) is 8.76. The second-order valence-electron chi connectivity index (χ2n) is 4.35. The average Bonchev–Trinajstić information content (AvgIpc) is 2.04. The van der Waals surface area contributed by atoms with Crippen molar-refractivity contribution in [2.45, 2.75) is 46.0 Å². The van der Waals surface area contributed by atoms with Gasteiger partial charge in [0, 0.05) is 5.57 Å². The van der Waals surface area contributed by atoms with Gasteiger partial charge < -0.3 is 5.11 Å². The molecule has 1 N–H and O–H groups in total. The molecule has 1 aliphatic rings. The normalized spacial score (nSPS) is 22.8. The lowest BCUT2D eigenvalue weighted by atomic mass is 9.75. The van der Waals surface area contributed by atoms with Gasteiger partial charge in [-0.2, -0.15) is 0 Å². The van der Waals surface area contributed by atoms with Gasteiger partial charge >= 0.3 is 5.97 Å². The molecule has 0 atom stereocenters. The molecule has 1 fully saturated rings. The molecule has 0 radical (unpaired) electrons. The summed E-state index contributed by atoms with van der Waals surface area (Å²) < 4.78 is 0. The number of carboxylic acid groups (broad SMARTS) is 1. The third-order valence-corrected chi connectivity index (χ3v) is 2.90. The van der Waals surface area contributed by atoms with E-state index < -0.39 is 5.97 Å². The second kappa shape index (κ2) is 3.95. The van der Waals surface area contributed by atoms with Gasteiger partial charge in [0.1, 0.15) is 0 Å². The second-order valence-corrected chi connectivity index (χ2v) is 4.35. The highest BCUT2D eigenvalue weighted by molar-refractivity contribution is 5.85. The first kappa shape index (κ1) is 10.3. The summed E-state index contributed by atoms with van der Waals surface area (Å²) in [6.07, 6.45) is 7.99. The quantitative estimate of drug-likeness (QED) is 0.666. The van der Waals surface area contributed by atoms with E-state index in [0.717, 1.165) is 12.8 Å². The lowest BCUT2D eigenvalue weighted by Gasteiger charge is -2.30. The third-order valence-electron chi connectivity index (χ3n) is 2.90. The summed E-state index contributed by atoms with van der Waals surface area (Å²) in [6, 6.07) is 0. The van der Waals surface area contributed by atoms with Crippen LogP contribution in [0, 0.1) is 5.41 Å². The van der Waals surface area contributed by atoms with Gasteiger partial charge in [-0.15, -0.1) is 0 Å². The Morgan fingerprint density at radius 3 is 2.31 bits per heavy atom. The first-order chi connectivity index (χ1) is 6.03. The van der Waals surface area contributed by atoms with Gasteiger partial charge in [0.15, 0.2) is 0 Å². The van der Waals surface area contributed by atoms with Crippen molar-refractivity contribution < 1.29 is 9.90 Å². The largest absolute Gasteiger partial charge is 0.478 e. The predicted octanol–water partition coefficient (Wildman–Crippen LogP) is 2.99. The molecule has 0 saturated heterocycles. The number of carboxylic acids is 1. The van der Waals surface area contributed by atoms with Crippen LogP contribution in [0.15, 0.2) is 11.6 Å². The Morgan fingerprint density at radius 2 is 1.85 bits per heavy atom. The molecule has 0 aromatic carbocycles. The predicted molar refractivity (Wildman–Crippen MR) is 52.6 cm³/mol. The molecular weight excluding hydrogens is 164 g/mol. The number of allylic oxidation sites excluding steroid dienone is 1.